The molecule has 0 amide bonds. The van der Waals surface area contributed by atoms with Gasteiger partial charge in [0.1, 0.15) is 0 Å². The van der Waals surface area contributed by atoms with Crippen molar-refractivity contribution in [2.45, 2.75) is 26.2 Å². The van der Waals surface area contributed by atoms with Crippen LogP contribution < -0.4 is 10.6 Å². The fourth-order valence-corrected chi connectivity index (χ4v) is 0.718. The van der Waals surface area contributed by atoms with Crippen molar-refractivity contribution in [2.75, 3.05) is 28.2 Å². The first-order chi connectivity index (χ1) is 6.34. The number of rotatable bonds is 4. The molecule has 0 aliphatic rings. The molecule has 3 N–H and O–H groups in total. The smallest absolute Gasteiger partial charge is 0.190 e. The van der Waals surface area contributed by atoms with Gasteiger partial charge in [-0.25, -0.2) is 0 Å². The average molecular weight is 201 g/mol. The van der Waals surface area contributed by atoms with E-state index in [-0.39, 0.29) is 12.3 Å². The Morgan fingerprint density at radius 2 is 1.21 bits per heavy atom. The Hall–Kier alpha value is -0.810. The van der Waals surface area contributed by atoms with Gasteiger partial charge < -0.3 is 10.6 Å². The van der Waals surface area contributed by atoms with Gasteiger partial charge in [-0.1, -0.05) is 0 Å². The SMILES string of the molecule is CC(NC(=N)NC(C)N(C)C)N(C)C. The lowest BCUT2D eigenvalue weighted by atomic mass is 10.5. The predicted molar refractivity (Wildman–Crippen MR) is 60.3 cm³/mol. The van der Waals surface area contributed by atoms with Crippen LogP contribution in [0.1, 0.15) is 13.8 Å². The van der Waals surface area contributed by atoms with Gasteiger partial charge in [0.15, 0.2) is 5.96 Å². The molecule has 0 rings (SSSR count). The summed E-state index contributed by atoms with van der Waals surface area (Å²) in [6.45, 7) is 4.02. The van der Waals surface area contributed by atoms with Crippen LogP contribution in [-0.2, 0) is 0 Å². The minimum atomic E-state index is 0.157. The minimum Gasteiger partial charge on any atom is -0.341 e. The summed E-state index contributed by atoms with van der Waals surface area (Å²) >= 11 is 0. The van der Waals surface area contributed by atoms with Crippen molar-refractivity contribution in [1.82, 2.24) is 20.4 Å². The second-order valence-corrected chi connectivity index (χ2v) is 3.94. The standard InChI is InChI=1S/C9H23N5/c1-7(13(3)4)11-9(10)12-8(2)14(5)6/h7-8H,1-6H3,(H3,10,11,12). The first kappa shape index (κ1) is 13.2. The molecule has 0 saturated heterocycles. The molecule has 0 heterocycles. The van der Waals surface area contributed by atoms with E-state index in [0.717, 1.165) is 0 Å². The highest BCUT2D eigenvalue weighted by Gasteiger charge is 2.09. The summed E-state index contributed by atoms with van der Waals surface area (Å²) in [4.78, 5) is 4.02. The Balaban J connectivity index is 3.87. The van der Waals surface area contributed by atoms with Crippen LogP contribution in [0.3, 0.4) is 0 Å². The van der Waals surface area contributed by atoms with Crippen molar-refractivity contribution < 1.29 is 0 Å². The normalized spacial score (nSPS) is 15.4. The quantitative estimate of drug-likeness (QED) is 0.338. The Labute approximate surface area is 87.0 Å². The van der Waals surface area contributed by atoms with Gasteiger partial charge in [0.25, 0.3) is 0 Å². The van der Waals surface area contributed by atoms with Gasteiger partial charge in [-0.3, -0.25) is 15.2 Å². The largest absolute Gasteiger partial charge is 0.341 e. The molecule has 84 valence electrons. The fourth-order valence-electron chi connectivity index (χ4n) is 0.718. The monoisotopic (exact) mass is 201 g/mol. The fraction of sp³-hybridized carbons (Fsp3) is 0.889. The number of guanidine groups is 1. The van der Waals surface area contributed by atoms with E-state index < -0.39 is 0 Å². The van der Waals surface area contributed by atoms with Gasteiger partial charge >= 0.3 is 0 Å². The van der Waals surface area contributed by atoms with Crippen LogP contribution in [0, 0.1) is 5.41 Å². The summed E-state index contributed by atoms with van der Waals surface area (Å²) in [5.74, 6) is 0.354. The molecule has 2 unspecified atom stereocenters. The van der Waals surface area contributed by atoms with Crippen LogP contribution >= 0.6 is 0 Å². The van der Waals surface area contributed by atoms with E-state index in [9.17, 15) is 0 Å². The molecule has 0 aromatic carbocycles. The molecule has 5 nitrogen and oxygen atoms in total. The van der Waals surface area contributed by atoms with E-state index in [1.807, 2.05) is 51.8 Å². The van der Waals surface area contributed by atoms with Crippen LogP contribution in [0.5, 0.6) is 0 Å². The first-order valence-corrected chi connectivity index (χ1v) is 4.79. The minimum absolute atomic E-state index is 0.157. The van der Waals surface area contributed by atoms with E-state index in [2.05, 4.69) is 10.6 Å². The number of hydrogen-bond acceptors (Lipinski definition) is 3. The predicted octanol–water partition coefficient (Wildman–Crippen LogP) is -0.0844. The van der Waals surface area contributed by atoms with E-state index >= 15 is 0 Å². The van der Waals surface area contributed by atoms with Crippen LogP contribution in [0.25, 0.3) is 0 Å². The number of nitrogens with zero attached hydrogens (tertiary/aromatic N) is 2. The highest BCUT2D eigenvalue weighted by Crippen LogP contribution is 1.87. The molecule has 0 aliphatic heterocycles. The van der Waals surface area contributed by atoms with Gasteiger partial charge in [0.05, 0.1) is 12.3 Å². The van der Waals surface area contributed by atoms with Gasteiger partial charge in [-0.05, 0) is 42.0 Å². The molecular formula is C9H23N5. The highest BCUT2D eigenvalue weighted by molar-refractivity contribution is 5.76. The maximum atomic E-state index is 7.66. The summed E-state index contributed by atoms with van der Waals surface area (Å²) in [5, 5.41) is 13.7. The Kier molecular flexibility index (Phi) is 5.49. The molecule has 0 spiro atoms. The molecule has 0 bridgehead atoms. The summed E-state index contributed by atoms with van der Waals surface area (Å²) in [6, 6.07) is 0. The van der Waals surface area contributed by atoms with Crippen molar-refractivity contribution in [1.29, 1.82) is 5.41 Å². The summed E-state index contributed by atoms with van der Waals surface area (Å²) < 4.78 is 0. The zero-order chi connectivity index (χ0) is 11.3. The third-order valence-corrected chi connectivity index (χ3v) is 2.26. The van der Waals surface area contributed by atoms with Crippen molar-refractivity contribution in [3.63, 3.8) is 0 Å². The average Bonchev–Trinajstić information content (AvgIpc) is 2.03. The van der Waals surface area contributed by atoms with E-state index in [0.29, 0.717) is 5.96 Å². The summed E-state index contributed by atoms with van der Waals surface area (Å²) in [6.07, 6.45) is 0.314. The molecule has 2 atom stereocenters. The number of nitrogens with one attached hydrogen (secondary N) is 3. The van der Waals surface area contributed by atoms with Crippen LogP contribution in [0.4, 0.5) is 0 Å². The number of hydrogen-bond donors (Lipinski definition) is 3. The molecule has 0 aromatic rings. The lowest BCUT2D eigenvalue weighted by molar-refractivity contribution is 0.274. The van der Waals surface area contributed by atoms with Crippen molar-refractivity contribution >= 4 is 5.96 Å². The zero-order valence-corrected chi connectivity index (χ0v) is 10.0. The Morgan fingerprint density at radius 3 is 1.43 bits per heavy atom. The maximum Gasteiger partial charge on any atom is 0.190 e. The molecule has 0 fully saturated rings. The molecule has 0 aliphatic carbocycles. The van der Waals surface area contributed by atoms with Gasteiger partial charge in [0, 0.05) is 0 Å². The van der Waals surface area contributed by atoms with E-state index in [1.165, 1.54) is 0 Å². The zero-order valence-electron chi connectivity index (χ0n) is 10.0. The van der Waals surface area contributed by atoms with Crippen molar-refractivity contribution in [3.05, 3.63) is 0 Å². The van der Waals surface area contributed by atoms with E-state index in [1.54, 1.807) is 0 Å². The molecule has 0 aromatic heterocycles. The second-order valence-electron chi connectivity index (χ2n) is 3.94. The molecule has 0 radical (unpaired) electrons. The van der Waals surface area contributed by atoms with Gasteiger partial charge in [-0.2, -0.15) is 0 Å². The first-order valence-electron chi connectivity index (χ1n) is 4.79. The third kappa shape index (κ3) is 5.04. The topological polar surface area (TPSA) is 54.4 Å². The van der Waals surface area contributed by atoms with Crippen LogP contribution in [0.15, 0.2) is 0 Å². The third-order valence-electron chi connectivity index (χ3n) is 2.26. The lowest BCUT2D eigenvalue weighted by Gasteiger charge is -2.27. The Bertz CT molecular complexity index is 160. The molecule has 14 heavy (non-hydrogen) atoms. The van der Waals surface area contributed by atoms with Gasteiger partial charge in [-0.15, -0.1) is 0 Å². The van der Waals surface area contributed by atoms with Crippen LogP contribution in [-0.4, -0.2) is 56.3 Å². The maximum absolute atomic E-state index is 7.66. The lowest BCUT2D eigenvalue weighted by Crippen LogP contribution is -2.52. The van der Waals surface area contributed by atoms with E-state index in [4.69, 9.17) is 5.41 Å². The summed E-state index contributed by atoms with van der Waals surface area (Å²) in [7, 11) is 7.89. The highest BCUT2D eigenvalue weighted by atomic mass is 15.3. The Morgan fingerprint density at radius 1 is 0.929 bits per heavy atom. The molecule has 5 heteroatoms. The second kappa shape index (κ2) is 5.82. The van der Waals surface area contributed by atoms with Crippen LogP contribution in [0.2, 0.25) is 0 Å². The summed E-state index contributed by atoms with van der Waals surface area (Å²) in [5.41, 5.74) is 0. The molecule has 0 saturated carbocycles. The van der Waals surface area contributed by atoms with Gasteiger partial charge in [0.2, 0.25) is 0 Å². The van der Waals surface area contributed by atoms with Crippen molar-refractivity contribution in [2.24, 2.45) is 0 Å². The van der Waals surface area contributed by atoms with Crippen molar-refractivity contribution in [3.8, 4) is 0 Å². The molecular weight excluding hydrogens is 178 g/mol.